The van der Waals surface area contributed by atoms with Gasteiger partial charge in [0.05, 0.1) is 32.4 Å². The molecule has 2 rings (SSSR count). The van der Waals surface area contributed by atoms with Crippen LogP contribution in [0.4, 0.5) is 13.2 Å². The minimum atomic E-state index is -1.72. The Bertz CT molecular complexity index is 813. The number of aliphatic hydroxyl groups is 1. The fraction of sp³-hybridized carbons (Fsp3) is 0.278. The summed E-state index contributed by atoms with van der Waals surface area (Å²) >= 11 is 0. The van der Waals surface area contributed by atoms with Crippen LogP contribution in [0.3, 0.4) is 0 Å². The first-order valence-corrected chi connectivity index (χ1v) is 7.59. The second kappa shape index (κ2) is 8.09. The number of amides is 1. The summed E-state index contributed by atoms with van der Waals surface area (Å²) in [4.78, 5) is 13.3. The molecule has 0 aliphatic rings. The number of aliphatic hydroxyl groups excluding tert-OH is 1. The molecule has 0 bridgehead atoms. The van der Waals surface area contributed by atoms with E-state index in [9.17, 15) is 23.1 Å². The van der Waals surface area contributed by atoms with Gasteiger partial charge in [0.2, 0.25) is 0 Å². The van der Waals surface area contributed by atoms with Crippen molar-refractivity contribution in [3.05, 3.63) is 58.9 Å². The highest BCUT2D eigenvalue weighted by Gasteiger charge is 2.23. The number of halogens is 3. The number of hydrogen-bond donors (Lipinski definition) is 1. The molecule has 0 saturated heterocycles. The molecule has 26 heavy (non-hydrogen) atoms. The van der Waals surface area contributed by atoms with E-state index < -0.39 is 35.0 Å². The van der Waals surface area contributed by atoms with Gasteiger partial charge in [-0.25, -0.2) is 13.2 Å². The lowest BCUT2D eigenvalue weighted by Crippen LogP contribution is -2.32. The van der Waals surface area contributed by atoms with Crippen LogP contribution in [0.1, 0.15) is 22.0 Å². The molecule has 0 saturated carbocycles. The zero-order valence-electron chi connectivity index (χ0n) is 14.4. The van der Waals surface area contributed by atoms with Crippen LogP contribution in [0.15, 0.2) is 30.3 Å². The third-order valence-corrected chi connectivity index (χ3v) is 3.85. The molecular weight excluding hydrogens is 351 g/mol. The molecule has 0 aliphatic heterocycles. The Morgan fingerprint density at radius 3 is 2.35 bits per heavy atom. The van der Waals surface area contributed by atoms with E-state index in [4.69, 9.17) is 9.47 Å². The molecular formula is C18H18F3NO4. The minimum Gasteiger partial charge on any atom is -0.493 e. The van der Waals surface area contributed by atoms with E-state index in [-0.39, 0.29) is 6.54 Å². The number of nitrogens with zero attached hydrogens (tertiary/aromatic N) is 1. The molecule has 0 fully saturated rings. The Balaban J connectivity index is 2.17. The molecule has 1 unspecified atom stereocenters. The fourth-order valence-electron chi connectivity index (χ4n) is 2.40. The van der Waals surface area contributed by atoms with Crippen LogP contribution >= 0.6 is 0 Å². The number of hydrogen-bond acceptors (Lipinski definition) is 4. The van der Waals surface area contributed by atoms with Crippen molar-refractivity contribution < 1.29 is 32.5 Å². The summed E-state index contributed by atoms with van der Waals surface area (Å²) in [6.07, 6.45) is -1.11. The van der Waals surface area contributed by atoms with Gasteiger partial charge in [0.1, 0.15) is 0 Å². The van der Waals surface area contributed by atoms with Crippen molar-refractivity contribution in [3.8, 4) is 11.5 Å². The molecule has 1 amide bonds. The fourth-order valence-corrected chi connectivity index (χ4v) is 2.40. The minimum absolute atomic E-state index is 0.202. The number of carbonyl (C=O) groups is 1. The van der Waals surface area contributed by atoms with Gasteiger partial charge < -0.3 is 19.5 Å². The van der Waals surface area contributed by atoms with Crippen molar-refractivity contribution in [2.45, 2.75) is 6.10 Å². The lowest BCUT2D eigenvalue weighted by atomic mass is 10.1. The maximum Gasteiger partial charge on any atom is 0.256 e. The lowest BCUT2D eigenvalue weighted by molar-refractivity contribution is 0.0675. The molecule has 0 aromatic heterocycles. The maximum absolute atomic E-state index is 13.8. The zero-order chi connectivity index (χ0) is 19.4. The van der Waals surface area contributed by atoms with E-state index in [1.165, 1.54) is 21.3 Å². The first kappa shape index (κ1) is 19.6. The van der Waals surface area contributed by atoms with E-state index in [0.29, 0.717) is 23.1 Å². The first-order valence-electron chi connectivity index (χ1n) is 7.59. The van der Waals surface area contributed by atoms with Crippen LogP contribution in [0, 0.1) is 17.5 Å². The SMILES string of the molecule is COc1ccc(C(O)CN(C)C(=O)c2ccc(F)c(F)c2F)cc1OC. The number of rotatable bonds is 6. The number of carbonyl (C=O) groups excluding carboxylic acids is 1. The number of ether oxygens (including phenoxy) is 2. The van der Waals surface area contributed by atoms with Crippen molar-refractivity contribution >= 4 is 5.91 Å². The molecule has 1 atom stereocenters. The van der Waals surface area contributed by atoms with Gasteiger partial charge in [0.25, 0.3) is 5.91 Å². The van der Waals surface area contributed by atoms with Gasteiger partial charge in [-0.3, -0.25) is 4.79 Å². The van der Waals surface area contributed by atoms with Crippen molar-refractivity contribution in [2.75, 3.05) is 27.8 Å². The predicted molar refractivity (Wildman–Crippen MR) is 87.8 cm³/mol. The normalized spacial score (nSPS) is 11.8. The summed E-state index contributed by atoms with van der Waals surface area (Å²) in [6, 6.07) is 6.25. The summed E-state index contributed by atoms with van der Waals surface area (Å²) in [7, 11) is 4.22. The van der Waals surface area contributed by atoms with Gasteiger partial charge in [-0.2, -0.15) is 0 Å². The summed E-state index contributed by atoms with van der Waals surface area (Å²) in [6.45, 7) is -0.202. The van der Waals surface area contributed by atoms with Crippen LogP contribution in [-0.2, 0) is 0 Å². The van der Waals surface area contributed by atoms with E-state index in [1.54, 1.807) is 18.2 Å². The summed E-state index contributed by atoms with van der Waals surface area (Å²) in [5.74, 6) is -4.69. The van der Waals surface area contributed by atoms with E-state index in [1.807, 2.05) is 0 Å². The number of benzene rings is 2. The smallest absolute Gasteiger partial charge is 0.256 e. The number of methoxy groups -OCH3 is 2. The quantitative estimate of drug-likeness (QED) is 0.796. The Labute approximate surface area is 148 Å². The summed E-state index contributed by atoms with van der Waals surface area (Å²) in [5.41, 5.74) is -0.182. The van der Waals surface area contributed by atoms with Crippen LogP contribution in [-0.4, -0.2) is 43.7 Å². The van der Waals surface area contributed by atoms with Gasteiger partial charge in [0.15, 0.2) is 29.0 Å². The highest BCUT2D eigenvalue weighted by atomic mass is 19.2. The molecule has 2 aromatic rings. The molecule has 8 heteroatoms. The van der Waals surface area contributed by atoms with Gasteiger partial charge in [-0.1, -0.05) is 6.07 Å². The van der Waals surface area contributed by atoms with Crippen molar-refractivity contribution in [1.82, 2.24) is 4.90 Å². The highest BCUT2D eigenvalue weighted by molar-refractivity contribution is 5.94. The monoisotopic (exact) mass is 369 g/mol. The molecule has 1 N–H and O–H groups in total. The molecule has 140 valence electrons. The Morgan fingerprint density at radius 2 is 1.73 bits per heavy atom. The molecule has 0 heterocycles. The topological polar surface area (TPSA) is 59.0 Å². The summed E-state index contributed by atoms with van der Waals surface area (Å²) in [5, 5.41) is 10.3. The van der Waals surface area contributed by atoms with Crippen molar-refractivity contribution in [3.63, 3.8) is 0 Å². The van der Waals surface area contributed by atoms with Gasteiger partial charge in [0, 0.05) is 7.05 Å². The van der Waals surface area contributed by atoms with Crippen LogP contribution in [0.25, 0.3) is 0 Å². The van der Waals surface area contributed by atoms with E-state index in [0.717, 1.165) is 11.0 Å². The molecule has 2 aromatic carbocycles. The standard InChI is InChI=1S/C18H18F3NO4/c1-22(18(24)11-5-6-12(19)17(21)16(11)20)9-13(23)10-4-7-14(25-2)15(8-10)26-3/h4-8,13,23H,9H2,1-3H3. The third kappa shape index (κ3) is 3.91. The average molecular weight is 369 g/mol. The third-order valence-electron chi connectivity index (χ3n) is 3.85. The number of likely N-dealkylation sites (N-methyl/N-ethyl adjacent to an activating group) is 1. The average Bonchev–Trinajstić information content (AvgIpc) is 2.64. The van der Waals surface area contributed by atoms with E-state index >= 15 is 0 Å². The second-order valence-corrected chi connectivity index (χ2v) is 5.54. The maximum atomic E-state index is 13.8. The summed E-state index contributed by atoms with van der Waals surface area (Å²) < 4.78 is 50.3. The predicted octanol–water partition coefficient (Wildman–Crippen LogP) is 2.93. The van der Waals surface area contributed by atoms with Crippen molar-refractivity contribution in [1.29, 1.82) is 0 Å². The van der Waals surface area contributed by atoms with Crippen LogP contribution < -0.4 is 9.47 Å². The second-order valence-electron chi connectivity index (χ2n) is 5.54. The van der Waals surface area contributed by atoms with Gasteiger partial charge in [-0.05, 0) is 29.8 Å². The zero-order valence-corrected chi connectivity index (χ0v) is 14.4. The van der Waals surface area contributed by atoms with Crippen LogP contribution in [0.2, 0.25) is 0 Å². The lowest BCUT2D eigenvalue weighted by Gasteiger charge is -2.22. The van der Waals surface area contributed by atoms with Crippen molar-refractivity contribution in [2.24, 2.45) is 0 Å². The molecule has 5 nitrogen and oxygen atoms in total. The van der Waals surface area contributed by atoms with E-state index in [2.05, 4.69) is 0 Å². The molecule has 0 radical (unpaired) electrons. The van der Waals surface area contributed by atoms with Crippen LogP contribution in [0.5, 0.6) is 11.5 Å². The molecule has 0 spiro atoms. The molecule has 0 aliphatic carbocycles. The van der Waals surface area contributed by atoms with Gasteiger partial charge >= 0.3 is 0 Å². The van der Waals surface area contributed by atoms with Gasteiger partial charge in [-0.15, -0.1) is 0 Å². The Kier molecular flexibility index (Phi) is 6.10. The first-order chi connectivity index (χ1) is 12.3. The largest absolute Gasteiger partial charge is 0.493 e. The Morgan fingerprint density at radius 1 is 1.08 bits per heavy atom. The highest BCUT2D eigenvalue weighted by Crippen LogP contribution is 2.30. The Hall–Kier alpha value is -2.74.